The zero-order chi connectivity index (χ0) is 11.0. The summed E-state index contributed by atoms with van der Waals surface area (Å²) in [4.78, 5) is 0. The highest BCUT2D eigenvalue weighted by molar-refractivity contribution is 5.86. The van der Waals surface area contributed by atoms with E-state index in [2.05, 4.69) is 49.7 Å². The largest absolute Gasteiger partial charge is 0.348 e. The maximum absolute atomic E-state index is 8.81. The second kappa shape index (κ2) is 3.43. The predicted molar refractivity (Wildman–Crippen MR) is 61.7 cm³/mol. The van der Waals surface area contributed by atoms with Crippen molar-refractivity contribution < 1.29 is 0 Å². The normalized spacial score (nSPS) is 10.5. The number of nitriles is 1. The monoisotopic (exact) mass is 198 g/mol. The van der Waals surface area contributed by atoms with E-state index in [4.69, 9.17) is 5.26 Å². The molecular formula is C13H14N2. The lowest BCUT2D eigenvalue weighted by atomic mass is 10.1. The van der Waals surface area contributed by atoms with Gasteiger partial charge in [0.15, 0.2) is 0 Å². The van der Waals surface area contributed by atoms with Gasteiger partial charge in [0.1, 0.15) is 0 Å². The van der Waals surface area contributed by atoms with Crippen molar-refractivity contribution in [1.82, 2.24) is 4.57 Å². The molecule has 0 amide bonds. The SMILES string of the molecule is Cc1ccc2c(CC#N)c(C)n(C)c2c1. The average Bonchev–Trinajstić information content (AvgIpc) is 2.44. The van der Waals surface area contributed by atoms with Crippen molar-refractivity contribution in [2.24, 2.45) is 7.05 Å². The van der Waals surface area contributed by atoms with Crippen LogP contribution in [0.4, 0.5) is 0 Å². The van der Waals surface area contributed by atoms with Crippen molar-refractivity contribution in [3.05, 3.63) is 35.0 Å². The van der Waals surface area contributed by atoms with Gasteiger partial charge in [0.25, 0.3) is 0 Å². The first-order valence-electron chi connectivity index (χ1n) is 5.06. The lowest BCUT2D eigenvalue weighted by Crippen LogP contribution is -1.91. The molecule has 0 N–H and O–H groups in total. The van der Waals surface area contributed by atoms with Crippen molar-refractivity contribution >= 4 is 10.9 Å². The molecule has 0 radical (unpaired) electrons. The van der Waals surface area contributed by atoms with Crippen LogP contribution in [-0.4, -0.2) is 4.57 Å². The molecule has 1 heterocycles. The van der Waals surface area contributed by atoms with Crippen molar-refractivity contribution in [1.29, 1.82) is 5.26 Å². The highest BCUT2D eigenvalue weighted by Gasteiger charge is 2.10. The van der Waals surface area contributed by atoms with Crippen molar-refractivity contribution in [3.8, 4) is 6.07 Å². The number of aryl methyl sites for hydroxylation is 2. The van der Waals surface area contributed by atoms with Gasteiger partial charge in [-0.05, 0) is 31.0 Å². The Labute approximate surface area is 89.7 Å². The van der Waals surface area contributed by atoms with Crippen molar-refractivity contribution in [2.75, 3.05) is 0 Å². The second-order valence-corrected chi connectivity index (χ2v) is 3.98. The molecule has 15 heavy (non-hydrogen) atoms. The fourth-order valence-corrected chi connectivity index (χ4v) is 2.05. The number of rotatable bonds is 1. The van der Waals surface area contributed by atoms with E-state index in [9.17, 15) is 0 Å². The van der Waals surface area contributed by atoms with Crippen LogP contribution < -0.4 is 0 Å². The topological polar surface area (TPSA) is 28.7 Å². The average molecular weight is 198 g/mol. The summed E-state index contributed by atoms with van der Waals surface area (Å²) in [5, 5.41) is 10.0. The van der Waals surface area contributed by atoms with Gasteiger partial charge < -0.3 is 4.57 Å². The number of hydrogen-bond acceptors (Lipinski definition) is 1. The Kier molecular flexibility index (Phi) is 2.24. The van der Waals surface area contributed by atoms with Gasteiger partial charge in [-0.25, -0.2) is 0 Å². The van der Waals surface area contributed by atoms with Crippen LogP contribution in [0.1, 0.15) is 16.8 Å². The summed E-state index contributed by atoms with van der Waals surface area (Å²) in [5.74, 6) is 0. The molecule has 0 atom stereocenters. The quantitative estimate of drug-likeness (QED) is 0.692. The zero-order valence-electron chi connectivity index (χ0n) is 9.33. The Hall–Kier alpha value is -1.75. The van der Waals surface area contributed by atoms with Gasteiger partial charge in [0, 0.05) is 23.6 Å². The first-order valence-corrected chi connectivity index (χ1v) is 5.06. The van der Waals surface area contributed by atoms with Crippen LogP contribution in [0.5, 0.6) is 0 Å². The lowest BCUT2D eigenvalue weighted by Gasteiger charge is -1.98. The second-order valence-electron chi connectivity index (χ2n) is 3.98. The van der Waals surface area contributed by atoms with Gasteiger partial charge in [-0.2, -0.15) is 5.26 Å². The Morgan fingerprint density at radius 3 is 2.73 bits per heavy atom. The third-order valence-corrected chi connectivity index (χ3v) is 3.04. The number of aromatic nitrogens is 1. The predicted octanol–water partition coefficient (Wildman–Crippen LogP) is 2.86. The standard InChI is InChI=1S/C13H14N2/c1-9-4-5-12-11(6-7-14)10(2)15(3)13(12)8-9/h4-5,8H,6H2,1-3H3. The first-order chi connectivity index (χ1) is 7.15. The Morgan fingerprint density at radius 1 is 1.33 bits per heavy atom. The molecule has 1 aromatic heterocycles. The Morgan fingerprint density at radius 2 is 2.07 bits per heavy atom. The maximum atomic E-state index is 8.81. The Balaban J connectivity index is 2.82. The van der Waals surface area contributed by atoms with Gasteiger partial charge in [0.2, 0.25) is 0 Å². The zero-order valence-corrected chi connectivity index (χ0v) is 9.33. The summed E-state index contributed by atoms with van der Waals surface area (Å²) in [6, 6.07) is 8.62. The minimum absolute atomic E-state index is 0.492. The molecule has 0 aliphatic heterocycles. The molecule has 2 rings (SSSR count). The summed E-state index contributed by atoms with van der Waals surface area (Å²) in [7, 11) is 2.05. The molecular weight excluding hydrogens is 184 g/mol. The molecule has 0 aliphatic carbocycles. The molecule has 0 saturated carbocycles. The molecule has 0 fully saturated rings. The molecule has 0 unspecified atom stereocenters. The minimum Gasteiger partial charge on any atom is -0.348 e. The summed E-state index contributed by atoms with van der Waals surface area (Å²) >= 11 is 0. The third kappa shape index (κ3) is 1.41. The lowest BCUT2D eigenvalue weighted by molar-refractivity contribution is 0.905. The van der Waals surface area contributed by atoms with Crippen molar-refractivity contribution in [2.45, 2.75) is 20.3 Å². The summed E-state index contributed by atoms with van der Waals surface area (Å²) in [5.41, 5.74) is 4.83. The molecule has 0 spiro atoms. The summed E-state index contributed by atoms with van der Waals surface area (Å²) in [6.45, 7) is 4.16. The van der Waals surface area contributed by atoms with E-state index >= 15 is 0 Å². The highest BCUT2D eigenvalue weighted by atomic mass is 14.9. The van der Waals surface area contributed by atoms with Crippen LogP contribution in [0, 0.1) is 25.2 Å². The molecule has 0 bridgehead atoms. The van der Waals surface area contributed by atoms with Crippen LogP contribution in [0.2, 0.25) is 0 Å². The van der Waals surface area contributed by atoms with Crippen LogP contribution in [0.3, 0.4) is 0 Å². The van der Waals surface area contributed by atoms with Gasteiger partial charge in [-0.3, -0.25) is 0 Å². The van der Waals surface area contributed by atoms with Gasteiger partial charge in [0.05, 0.1) is 12.5 Å². The van der Waals surface area contributed by atoms with Gasteiger partial charge in [-0.15, -0.1) is 0 Å². The van der Waals surface area contributed by atoms with Gasteiger partial charge >= 0.3 is 0 Å². The van der Waals surface area contributed by atoms with E-state index < -0.39 is 0 Å². The maximum Gasteiger partial charge on any atom is 0.0670 e. The van der Waals surface area contributed by atoms with E-state index in [1.54, 1.807) is 0 Å². The fraction of sp³-hybridized carbons (Fsp3) is 0.308. The van der Waals surface area contributed by atoms with E-state index in [1.165, 1.54) is 22.2 Å². The number of fused-ring (bicyclic) bond motifs is 1. The smallest absolute Gasteiger partial charge is 0.0670 e. The summed E-state index contributed by atoms with van der Waals surface area (Å²) < 4.78 is 2.16. The van der Waals surface area contributed by atoms with E-state index in [0.29, 0.717) is 6.42 Å². The molecule has 1 aromatic carbocycles. The number of benzene rings is 1. The summed E-state index contributed by atoms with van der Waals surface area (Å²) in [6.07, 6.45) is 0.492. The van der Waals surface area contributed by atoms with Crippen LogP contribution in [0.15, 0.2) is 18.2 Å². The van der Waals surface area contributed by atoms with Crippen LogP contribution in [0.25, 0.3) is 10.9 Å². The molecule has 0 saturated heterocycles. The van der Waals surface area contributed by atoms with E-state index in [0.717, 1.165) is 5.56 Å². The van der Waals surface area contributed by atoms with Crippen LogP contribution >= 0.6 is 0 Å². The molecule has 2 nitrogen and oxygen atoms in total. The van der Waals surface area contributed by atoms with E-state index in [1.807, 2.05) is 0 Å². The third-order valence-electron chi connectivity index (χ3n) is 3.04. The van der Waals surface area contributed by atoms with E-state index in [-0.39, 0.29) is 0 Å². The van der Waals surface area contributed by atoms with Crippen LogP contribution in [-0.2, 0) is 13.5 Å². The molecule has 2 heteroatoms. The molecule has 76 valence electrons. The van der Waals surface area contributed by atoms with Gasteiger partial charge in [-0.1, -0.05) is 12.1 Å². The Bertz CT molecular complexity index is 556. The highest BCUT2D eigenvalue weighted by Crippen LogP contribution is 2.25. The molecule has 0 aliphatic rings. The number of nitrogens with zero attached hydrogens (tertiary/aromatic N) is 2. The fourth-order valence-electron chi connectivity index (χ4n) is 2.05. The molecule has 2 aromatic rings. The number of hydrogen-bond donors (Lipinski definition) is 0. The minimum atomic E-state index is 0.492. The first kappa shape index (κ1) is 9.79. The van der Waals surface area contributed by atoms with Crippen molar-refractivity contribution in [3.63, 3.8) is 0 Å².